The maximum Gasteiger partial charge on any atom is 0.0765 e. The normalized spacial score (nSPS) is 14.3. The van der Waals surface area contributed by atoms with Gasteiger partial charge in [0, 0.05) is 24.7 Å². The van der Waals surface area contributed by atoms with Gasteiger partial charge < -0.3 is 5.11 Å². The van der Waals surface area contributed by atoms with E-state index in [1.54, 1.807) is 6.20 Å². The van der Waals surface area contributed by atoms with E-state index in [2.05, 4.69) is 31.0 Å². The third kappa shape index (κ3) is 3.65. The molecule has 0 saturated carbocycles. The van der Waals surface area contributed by atoms with E-state index in [1.807, 2.05) is 36.4 Å². The van der Waals surface area contributed by atoms with Crippen LogP contribution < -0.4 is 0 Å². The molecule has 0 spiro atoms. The Hall–Kier alpha value is -1.67. The first-order valence-electron chi connectivity index (χ1n) is 6.76. The van der Waals surface area contributed by atoms with Gasteiger partial charge in [-0.15, -0.1) is 0 Å². The fourth-order valence-electron chi connectivity index (χ4n) is 2.24. The van der Waals surface area contributed by atoms with Crippen molar-refractivity contribution in [1.82, 2.24) is 4.98 Å². The summed E-state index contributed by atoms with van der Waals surface area (Å²) < 4.78 is 0. The predicted molar refractivity (Wildman–Crippen MR) is 77.9 cm³/mol. The van der Waals surface area contributed by atoms with Gasteiger partial charge in [-0.3, -0.25) is 4.98 Å². The molecule has 1 atom stereocenters. The minimum atomic E-state index is -0.754. The highest BCUT2D eigenvalue weighted by Crippen LogP contribution is 2.26. The Morgan fingerprint density at radius 1 is 1.00 bits per heavy atom. The Bertz CT molecular complexity index is 452. The van der Waals surface area contributed by atoms with Crippen molar-refractivity contribution in [2.45, 2.75) is 32.3 Å². The molecule has 2 nitrogen and oxygen atoms in total. The minimum Gasteiger partial charge on any atom is -0.389 e. The Morgan fingerprint density at radius 2 is 1.68 bits per heavy atom. The summed E-state index contributed by atoms with van der Waals surface area (Å²) in [4.78, 5) is 4.33. The van der Waals surface area contributed by atoms with Crippen LogP contribution in [-0.4, -0.2) is 15.7 Å². The van der Waals surface area contributed by atoms with Gasteiger partial charge in [-0.1, -0.05) is 50.2 Å². The summed E-state index contributed by atoms with van der Waals surface area (Å²) >= 11 is 0. The summed E-state index contributed by atoms with van der Waals surface area (Å²) in [5.41, 5.74) is 1.35. The molecule has 2 rings (SSSR count). The Kier molecular flexibility index (Phi) is 4.33. The summed E-state index contributed by atoms with van der Waals surface area (Å²) in [6, 6.07) is 16.0. The van der Waals surface area contributed by atoms with Crippen LogP contribution in [-0.2, 0) is 12.8 Å². The molecule has 1 heterocycles. The van der Waals surface area contributed by atoms with Crippen molar-refractivity contribution in [1.29, 1.82) is 0 Å². The van der Waals surface area contributed by atoms with Crippen LogP contribution in [0.15, 0.2) is 54.7 Å². The Morgan fingerprint density at radius 3 is 2.26 bits per heavy atom. The number of aromatic nitrogens is 1. The van der Waals surface area contributed by atoms with E-state index < -0.39 is 5.60 Å². The van der Waals surface area contributed by atoms with Gasteiger partial charge in [0.25, 0.3) is 0 Å². The predicted octanol–water partition coefficient (Wildman–Crippen LogP) is 3.25. The summed E-state index contributed by atoms with van der Waals surface area (Å²) in [5.74, 6) is 0.176. The third-order valence-electron chi connectivity index (χ3n) is 3.64. The van der Waals surface area contributed by atoms with E-state index in [0.29, 0.717) is 12.8 Å². The molecule has 0 aliphatic carbocycles. The van der Waals surface area contributed by atoms with E-state index in [9.17, 15) is 5.11 Å². The van der Waals surface area contributed by atoms with Gasteiger partial charge in [0.1, 0.15) is 0 Å². The van der Waals surface area contributed by atoms with E-state index >= 15 is 0 Å². The largest absolute Gasteiger partial charge is 0.389 e. The van der Waals surface area contributed by atoms with Crippen LogP contribution in [0, 0.1) is 5.92 Å². The molecule has 0 radical (unpaired) electrons. The average Bonchev–Trinajstić information content (AvgIpc) is 2.40. The topological polar surface area (TPSA) is 33.1 Å². The molecular formula is C17H21NO. The highest BCUT2D eigenvalue weighted by atomic mass is 16.3. The first-order valence-corrected chi connectivity index (χ1v) is 6.76. The third-order valence-corrected chi connectivity index (χ3v) is 3.64. The summed E-state index contributed by atoms with van der Waals surface area (Å²) in [6.45, 7) is 4.12. The quantitative estimate of drug-likeness (QED) is 0.889. The number of benzene rings is 1. The van der Waals surface area contributed by atoms with Crippen LogP contribution in [0.25, 0.3) is 0 Å². The number of rotatable bonds is 5. The molecular weight excluding hydrogens is 234 g/mol. The molecule has 1 aromatic carbocycles. The standard InChI is InChI=1S/C17H21NO/c1-14(2)17(19,12-15-8-4-3-5-9-15)13-16-10-6-7-11-18-16/h3-11,14,19H,12-13H2,1-2H3/t17-/m0/s1. The number of nitrogens with zero attached hydrogens (tertiary/aromatic N) is 1. The van der Waals surface area contributed by atoms with Crippen LogP contribution in [0.4, 0.5) is 0 Å². The highest BCUT2D eigenvalue weighted by Gasteiger charge is 2.31. The zero-order chi connectivity index (χ0) is 13.7. The molecule has 1 N–H and O–H groups in total. The van der Waals surface area contributed by atoms with Crippen molar-refractivity contribution in [3.05, 3.63) is 66.0 Å². The molecule has 0 saturated heterocycles. The van der Waals surface area contributed by atoms with Crippen LogP contribution in [0.5, 0.6) is 0 Å². The molecule has 2 aromatic rings. The number of pyridine rings is 1. The Labute approximate surface area is 115 Å². The van der Waals surface area contributed by atoms with Gasteiger partial charge in [-0.05, 0) is 23.6 Å². The fraction of sp³-hybridized carbons (Fsp3) is 0.353. The lowest BCUT2D eigenvalue weighted by Gasteiger charge is -2.32. The maximum absolute atomic E-state index is 11.0. The number of hydrogen-bond donors (Lipinski definition) is 1. The zero-order valence-electron chi connectivity index (χ0n) is 11.6. The monoisotopic (exact) mass is 255 g/mol. The first-order chi connectivity index (χ1) is 9.10. The lowest BCUT2D eigenvalue weighted by molar-refractivity contribution is -0.00524. The molecule has 0 fully saturated rings. The smallest absolute Gasteiger partial charge is 0.0765 e. The van der Waals surface area contributed by atoms with Crippen LogP contribution in [0.2, 0.25) is 0 Å². The lowest BCUT2D eigenvalue weighted by atomic mass is 9.80. The van der Waals surface area contributed by atoms with Gasteiger partial charge in [0.2, 0.25) is 0 Å². The van der Waals surface area contributed by atoms with Crippen molar-refractivity contribution in [3.8, 4) is 0 Å². The second-order valence-electron chi connectivity index (χ2n) is 5.42. The summed E-state index contributed by atoms with van der Waals surface area (Å²) in [7, 11) is 0. The molecule has 0 amide bonds. The van der Waals surface area contributed by atoms with Gasteiger partial charge in [0.15, 0.2) is 0 Å². The molecule has 2 heteroatoms. The number of aliphatic hydroxyl groups is 1. The van der Waals surface area contributed by atoms with Gasteiger partial charge in [-0.25, -0.2) is 0 Å². The molecule has 0 bridgehead atoms. The Balaban J connectivity index is 2.18. The van der Waals surface area contributed by atoms with Crippen molar-refractivity contribution in [3.63, 3.8) is 0 Å². The highest BCUT2D eigenvalue weighted by molar-refractivity contribution is 5.19. The molecule has 100 valence electrons. The van der Waals surface area contributed by atoms with E-state index in [4.69, 9.17) is 0 Å². The maximum atomic E-state index is 11.0. The van der Waals surface area contributed by atoms with E-state index in [1.165, 1.54) is 0 Å². The zero-order valence-corrected chi connectivity index (χ0v) is 11.6. The molecule has 0 aliphatic heterocycles. The van der Waals surface area contributed by atoms with Gasteiger partial charge in [-0.2, -0.15) is 0 Å². The van der Waals surface area contributed by atoms with Crippen molar-refractivity contribution in [2.24, 2.45) is 5.92 Å². The molecule has 0 aliphatic rings. The van der Waals surface area contributed by atoms with Crippen molar-refractivity contribution in [2.75, 3.05) is 0 Å². The van der Waals surface area contributed by atoms with Crippen molar-refractivity contribution >= 4 is 0 Å². The molecule has 0 unspecified atom stereocenters. The van der Waals surface area contributed by atoms with Crippen LogP contribution >= 0.6 is 0 Å². The molecule has 1 aromatic heterocycles. The fourth-order valence-corrected chi connectivity index (χ4v) is 2.24. The summed E-state index contributed by atoms with van der Waals surface area (Å²) in [5, 5.41) is 11.0. The molecule has 19 heavy (non-hydrogen) atoms. The van der Waals surface area contributed by atoms with Crippen LogP contribution in [0.3, 0.4) is 0 Å². The summed E-state index contributed by atoms with van der Waals surface area (Å²) in [6.07, 6.45) is 3.01. The number of hydrogen-bond acceptors (Lipinski definition) is 2. The minimum absolute atomic E-state index is 0.176. The van der Waals surface area contributed by atoms with E-state index in [-0.39, 0.29) is 5.92 Å². The average molecular weight is 255 g/mol. The lowest BCUT2D eigenvalue weighted by Crippen LogP contribution is -2.40. The second-order valence-corrected chi connectivity index (χ2v) is 5.42. The second kappa shape index (κ2) is 5.98. The first kappa shape index (κ1) is 13.8. The SMILES string of the molecule is CC(C)[C@](O)(Cc1ccccc1)Cc1ccccn1. The van der Waals surface area contributed by atoms with Crippen molar-refractivity contribution < 1.29 is 5.11 Å². The van der Waals surface area contributed by atoms with Gasteiger partial charge >= 0.3 is 0 Å². The van der Waals surface area contributed by atoms with Gasteiger partial charge in [0.05, 0.1) is 5.60 Å². The van der Waals surface area contributed by atoms with Crippen LogP contribution in [0.1, 0.15) is 25.1 Å². The van der Waals surface area contributed by atoms with E-state index in [0.717, 1.165) is 11.3 Å².